The number of allylic oxidation sites excluding steroid dienone is 1. The summed E-state index contributed by atoms with van der Waals surface area (Å²) in [5, 5.41) is 0. The van der Waals surface area contributed by atoms with Crippen molar-refractivity contribution >= 4 is 23.1 Å². The topological polar surface area (TPSA) is 62.2 Å². The van der Waals surface area contributed by atoms with Crippen molar-refractivity contribution in [2.75, 3.05) is 37.7 Å². The number of alkyl halides is 1. The first kappa shape index (κ1) is 18.7. The lowest BCUT2D eigenvalue weighted by atomic mass is 9.94. The number of hydrogen-bond acceptors (Lipinski definition) is 5. The molecule has 6 nitrogen and oxygen atoms in total. The van der Waals surface area contributed by atoms with E-state index in [1.807, 2.05) is 4.90 Å². The number of rotatable bonds is 3. The van der Waals surface area contributed by atoms with Crippen molar-refractivity contribution in [1.29, 1.82) is 0 Å². The van der Waals surface area contributed by atoms with E-state index in [1.165, 1.54) is 23.1 Å². The first-order valence-electron chi connectivity index (χ1n) is 9.31. The smallest absolute Gasteiger partial charge is 0.270 e. The van der Waals surface area contributed by atoms with Gasteiger partial charge in [0.25, 0.3) is 5.91 Å². The molecule has 0 unspecified atom stereocenters. The molecule has 8 heteroatoms. The minimum absolute atomic E-state index is 0.114. The number of hydrogen-bond donors (Lipinski definition) is 0. The number of carbonyl (C=O) groups is 2. The van der Waals surface area contributed by atoms with E-state index < -0.39 is 17.4 Å². The molecule has 4 rings (SSSR count). The van der Waals surface area contributed by atoms with Crippen molar-refractivity contribution in [1.82, 2.24) is 4.90 Å². The lowest BCUT2D eigenvalue weighted by molar-refractivity contribution is -0.125. The zero-order valence-corrected chi connectivity index (χ0v) is 15.6. The molecule has 3 aliphatic rings. The van der Waals surface area contributed by atoms with Crippen molar-refractivity contribution in [3.05, 3.63) is 41.5 Å². The zero-order chi connectivity index (χ0) is 19.9. The van der Waals surface area contributed by atoms with E-state index in [-0.39, 0.29) is 24.5 Å². The first-order chi connectivity index (χ1) is 13.4. The zero-order valence-electron chi connectivity index (χ0n) is 15.6. The predicted molar refractivity (Wildman–Crippen MR) is 99.5 cm³/mol. The highest BCUT2D eigenvalue weighted by Crippen LogP contribution is 2.34. The Morgan fingerprint density at radius 2 is 2.00 bits per heavy atom. The Balaban J connectivity index is 1.62. The molecular weight excluding hydrogens is 368 g/mol. The second-order valence-corrected chi connectivity index (χ2v) is 7.25. The predicted octanol–water partition coefficient (Wildman–Crippen LogP) is 2.03. The maximum absolute atomic E-state index is 15.7. The molecule has 1 amide bonds. The van der Waals surface area contributed by atoms with Crippen molar-refractivity contribution in [3.63, 3.8) is 0 Å². The summed E-state index contributed by atoms with van der Waals surface area (Å²) in [6, 6.07) is 4.42. The van der Waals surface area contributed by atoms with Crippen LogP contribution < -0.4 is 4.90 Å². The van der Waals surface area contributed by atoms with E-state index in [0.29, 0.717) is 49.8 Å². The van der Waals surface area contributed by atoms with Crippen LogP contribution in [0.25, 0.3) is 0 Å². The van der Waals surface area contributed by atoms with E-state index in [4.69, 9.17) is 4.74 Å². The number of aliphatic imine (C=N–C) groups is 1. The molecule has 1 aromatic carbocycles. The van der Waals surface area contributed by atoms with Gasteiger partial charge in [0.1, 0.15) is 11.6 Å². The molecule has 0 saturated carbocycles. The average Bonchev–Trinajstić information content (AvgIpc) is 3.13. The van der Waals surface area contributed by atoms with Crippen LogP contribution in [0.4, 0.5) is 14.5 Å². The van der Waals surface area contributed by atoms with Crippen LogP contribution in [-0.2, 0) is 20.7 Å². The summed E-state index contributed by atoms with van der Waals surface area (Å²) in [7, 11) is 0. The van der Waals surface area contributed by atoms with Gasteiger partial charge in [0.2, 0.25) is 5.67 Å². The normalized spacial score (nSPS) is 21.8. The molecule has 3 heterocycles. The van der Waals surface area contributed by atoms with Gasteiger partial charge in [0.05, 0.1) is 25.3 Å². The summed E-state index contributed by atoms with van der Waals surface area (Å²) >= 11 is 0. The van der Waals surface area contributed by atoms with Gasteiger partial charge in [-0.05, 0) is 25.5 Å². The largest absolute Gasteiger partial charge is 0.378 e. The molecule has 0 aromatic heterocycles. The van der Waals surface area contributed by atoms with Crippen LogP contribution in [-0.4, -0.2) is 60.8 Å². The van der Waals surface area contributed by atoms with Gasteiger partial charge >= 0.3 is 0 Å². The molecule has 0 radical (unpaired) electrons. The van der Waals surface area contributed by atoms with E-state index in [9.17, 15) is 14.0 Å². The fourth-order valence-electron chi connectivity index (χ4n) is 3.78. The molecule has 0 spiro atoms. The van der Waals surface area contributed by atoms with Crippen molar-refractivity contribution in [2.24, 2.45) is 4.99 Å². The second-order valence-electron chi connectivity index (χ2n) is 7.25. The highest BCUT2D eigenvalue weighted by Gasteiger charge is 2.45. The third kappa shape index (κ3) is 3.22. The number of carbonyl (C=O) groups excluding carboxylic acids is 2. The number of amides is 1. The van der Waals surface area contributed by atoms with Crippen LogP contribution in [0.2, 0.25) is 0 Å². The summed E-state index contributed by atoms with van der Waals surface area (Å²) in [5.41, 5.74) is -1.80. The number of ketones is 1. The third-order valence-corrected chi connectivity index (χ3v) is 5.38. The van der Waals surface area contributed by atoms with Crippen molar-refractivity contribution in [2.45, 2.75) is 25.4 Å². The number of benzene rings is 1. The summed E-state index contributed by atoms with van der Waals surface area (Å²) in [6.45, 7) is 3.41. The molecule has 1 aromatic rings. The van der Waals surface area contributed by atoms with Gasteiger partial charge in [-0.2, -0.15) is 0 Å². The molecule has 0 N–H and O–H groups in total. The Labute approximate surface area is 161 Å². The van der Waals surface area contributed by atoms with Gasteiger partial charge in [-0.25, -0.2) is 13.8 Å². The highest BCUT2D eigenvalue weighted by molar-refractivity contribution is 6.23. The van der Waals surface area contributed by atoms with Crippen LogP contribution in [0.3, 0.4) is 0 Å². The van der Waals surface area contributed by atoms with E-state index in [2.05, 4.69) is 4.99 Å². The lowest BCUT2D eigenvalue weighted by Crippen LogP contribution is -2.50. The van der Waals surface area contributed by atoms with E-state index >= 15 is 4.39 Å². The molecule has 1 saturated heterocycles. The maximum atomic E-state index is 15.7. The molecule has 0 aliphatic carbocycles. The molecule has 1 atom stereocenters. The van der Waals surface area contributed by atoms with Gasteiger partial charge < -0.3 is 14.5 Å². The first-order valence-corrected chi connectivity index (χ1v) is 9.31. The number of anilines is 1. The minimum Gasteiger partial charge on any atom is -0.378 e. The van der Waals surface area contributed by atoms with Gasteiger partial charge in [0, 0.05) is 37.0 Å². The van der Waals surface area contributed by atoms with Crippen molar-refractivity contribution < 1.29 is 23.1 Å². The number of morpholine rings is 1. The van der Waals surface area contributed by atoms with Gasteiger partial charge in [-0.1, -0.05) is 6.07 Å². The fourth-order valence-corrected chi connectivity index (χ4v) is 3.78. The minimum atomic E-state index is -2.46. The van der Waals surface area contributed by atoms with Gasteiger partial charge in [0.15, 0.2) is 5.78 Å². The van der Waals surface area contributed by atoms with Crippen LogP contribution >= 0.6 is 0 Å². The van der Waals surface area contributed by atoms with Crippen molar-refractivity contribution in [3.8, 4) is 0 Å². The Kier molecular flexibility index (Phi) is 4.74. The quantitative estimate of drug-likeness (QED) is 0.794. The van der Waals surface area contributed by atoms with Crippen LogP contribution in [0.5, 0.6) is 0 Å². The molecular formula is C20H21F2N3O3. The lowest BCUT2D eigenvalue weighted by Gasteiger charge is -2.33. The van der Waals surface area contributed by atoms with Crippen LogP contribution in [0.1, 0.15) is 18.9 Å². The molecule has 28 heavy (non-hydrogen) atoms. The van der Waals surface area contributed by atoms with Gasteiger partial charge in [-0.15, -0.1) is 0 Å². The molecule has 148 valence electrons. The number of ether oxygens (including phenoxy) is 1. The average molecular weight is 389 g/mol. The molecule has 1 fully saturated rings. The Morgan fingerprint density at radius 3 is 2.75 bits per heavy atom. The second kappa shape index (κ2) is 7.09. The number of nitrogens with zero attached hydrogens (tertiary/aromatic N) is 3. The van der Waals surface area contributed by atoms with Gasteiger partial charge in [-0.3, -0.25) is 9.59 Å². The summed E-state index contributed by atoms with van der Waals surface area (Å²) in [5.74, 6) is -1.17. The summed E-state index contributed by atoms with van der Waals surface area (Å²) in [6.07, 6.45) is 1.46. The molecule has 3 aliphatic heterocycles. The summed E-state index contributed by atoms with van der Waals surface area (Å²) < 4.78 is 34.9. The van der Waals surface area contributed by atoms with E-state index in [1.54, 1.807) is 6.07 Å². The summed E-state index contributed by atoms with van der Waals surface area (Å²) in [4.78, 5) is 32.6. The Morgan fingerprint density at radius 1 is 1.25 bits per heavy atom. The van der Waals surface area contributed by atoms with Crippen LogP contribution in [0.15, 0.2) is 35.1 Å². The third-order valence-electron chi connectivity index (χ3n) is 5.38. The standard InChI is InChI=1S/C20H21F2N3O3/c1-20(22,19(27)25-6-5-14-15(21)3-2-4-16(14)25)17-11-13(26)12-18(23-17)24-7-9-28-10-8-24/h2-4,12H,5-11H2,1H3/t20-/m0/s1. The van der Waals surface area contributed by atoms with E-state index in [0.717, 1.165) is 6.92 Å². The highest BCUT2D eigenvalue weighted by atomic mass is 19.1. The molecule has 0 bridgehead atoms. The number of fused-ring (bicyclic) bond motifs is 1. The number of halogens is 2. The maximum Gasteiger partial charge on any atom is 0.270 e. The Hall–Kier alpha value is -2.61. The fraction of sp³-hybridized carbons (Fsp3) is 0.450. The van der Waals surface area contributed by atoms with Crippen LogP contribution in [0, 0.1) is 5.82 Å². The SMILES string of the molecule is C[C@@](F)(C(=O)N1CCc2c(F)cccc21)C1=NC(N2CCOCC2)=CC(=O)C1. The Bertz CT molecular complexity index is 889. The monoisotopic (exact) mass is 389 g/mol.